The Bertz CT molecular complexity index is 383. The Morgan fingerprint density at radius 2 is 2.33 bits per heavy atom. The van der Waals surface area contributed by atoms with Crippen molar-refractivity contribution in [1.29, 1.82) is 0 Å². The maximum absolute atomic E-state index is 4.42. The van der Waals surface area contributed by atoms with E-state index in [0.717, 1.165) is 23.9 Å². The van der Waals surface area contributed by atoms with Gasteiger partial charge in [-0.3, -0.25) is 0 Å². The van der Waals surface area contributed by atoms with E-state index in [4.69, 9.17) is 0 Å². The quantitative estimate of drug-likeness (QED) is 0.653. The molecule has 0 amide bonds. The zero-order valence-corrected chi connectivity index (χ0v) is 12.2. The van der Waals surface area contributed by atoms with Crippen molar-refractivity contribution in [2.75, 3.05) is 24.2 Å². The van der Waals surface area contributed by atoms with Gasteiger partial charge in [0.05, 0.1) is 0 Å². The smallest absolute Gasteiger partial charge is 0.133 e. The molecule has 1 saturated heterocycles. The van der Waals surface area contributed by atoms with Gasteiger partial charge in [-0.2, -0.15) is 0 Å². The molecule has 0 saturated carbocycles. The number of anilines is 1. The molecule has 2 heterocycles. The maximum Gasteiger partial charge on any atom is 0.133 e. The highest BCUT2D eigenvalue weighted by Gasteiger charge is 2.25. The van der Waals surface area contributed by atoms with Gasteiger partial charge in [0, 0.05) is 31.2 Å². The lowest BCUT2D eigenvalue weighted by Gasteiger charge is -2.26. The van der Waals surface area contributed by atoms with Crippen molar-refractivity contribution in [3.63, 3.8) is 0 Å². The average molecular weight is 266 g/mol. The normalized spacial score (nSPS) is 19.8. The lowest BCUT2D eigenvalue weighted by molar-refractivity contribution is 0.522. The second-order valence-corrected chi connectivity index (χ2v) is 5.80. The number of hydrogen-bond acceptors (Lipinski definition) is 5. The lowest BCUT2D eigenvalue weighted by atomic mass is 10.2. The molecule has 5 heteroatoms. The summed E-state index contributed by atoms with van der Waals surface area (Å²) < 4.78 is 0. The Labute approximate surface area is 114 Å². The molecule has 1 aliphatic heterocycles. The van der Waals surface area contributed by atoms with Crippen LogP contribution in [0.5, 0.6) is 0 Å². The van der Waals surface area contributed by atoms with Crippen LogP contribution in [0.1, 0.15) is 26.7 Å². The summed E-state index contributed by atoms with van der Waals surface area (Å²) in [5, 5.41) is 4.57. The first kappa shape index (κ1) is 13.6. The standard InChI is InChI=1S/C13H22N4S/c1-10(2)14-8-11-5-4-6-17(11)12-7-13(18-3)16-9-15-12/h7,9-11,14H,4-6,8H2,1-3H3. The third kappa shape index (κ3) is 3.36. The van der Waals surface area contributed by atoms with Crippen LogP contribution in [0.15, 0.2) is 17.4 Å². The van der Waals surface area contributed by atoms with Crippen molar-refractivity contribution in [3.8, 4) is 0 Å². The summed E-state index contributed by atoms with van der Waals surface area (Å²) in [5.74, 6) is 1.07. The Hall–Kier alpha value is -0.810. The van der Waals surface area contributed by atoms with E-state index in [-0.39, 0.29) is 0 Å². The molecule has 0 radical (unpaired) electrons. The van der Waals surface area contributed by atoms with Gasteiger partial charge < -0.3 is 10.2 Å². The minimum absolute atomic E-state index is 0.541. The van der Waals surface area contributed by atoms with Crippen LogP contribution in [-0.2, 0) is 0 Å². The van der Waals surface area contributed by atoms with E-state index in [2.05, 4.69) is 40.1 Å². The fourth-order valence-corrected chi connectivity index (χ4v) is 2.70. The Balaban J connectivity index is 2.05. The summed E-state index contributed by atoms with van der Waals surface area (Å²) >= 11 is 1.67. The third-order valence-electron chi connectivity index (χ3n) is 3.27. The highest BCUT2D eigenvalue weighted by atomic mass is 32.2. The summed E-state index contributed by atoms with van der Waals surface area (Å²) in [4.78, 5) is 11.1. The van der Waals surface area contributed by atoms with Crippen LogP contribution in [0.3, 0.4) is 0 Å². The van der Waals surface area contributed by atoms with Crippen molar-refractivity contribution in [2.24, 2.45) is 0 Å². The van der Waals surface area contributed by atoms with Gasteiger partial charge in [0.15, 0.2) is 0 Å². The van der Waals surface area contributed by atoms with Gasteiger partial charge in [-0.1, -0.05) is 13.8 Å². The average Bonchev–Trinajstić information content (AvgIpc) is 2.84. The predicted octanol–water partition coefficient (Wildman–Crippen LogP) is 2.17. The lowest BCUT2D eigenvalue weighted by Crippen LogP contribution is -2.40. The first-order valence-electron chi connectivity index (χ1n) is 6.56. The van der Waals surface area contributed by atoms with Crippen LogP contribution in [-0.4, -0.2) is 41.4 Å². The molecule has 2 rings (SSSR count). The predicted molar refractivity (Wildman–Crippen MR) is 77.3 cm³/mol. The van der Waals surface area contributed by atoms with Crippen molar-refractivity contribution in [3.05, 3.63) is 12.4 Å². The van der Waals surface area contributed by atoms with E-state index < -0.39 is 0 Å². The number of nitrogens with zero attached hydrogens (tertiary/aromatic N) is 3. The molecule has 1 aromatic heterocycles. The van der Waals surface area contributed by atoms with E-state index in [1.807, 2.05) is 6.26 Å². The second kappa shape index (κ2) is 6.38. The molecule has 1 aliphatic rings. The Kier molecular flexibility index (Phi) is 4.83. The molecule has 18 heavy (non-hydrogen) atoms. The summed E-state index contributed by atoms with van der Waals surface area (Å²) in [6.45, 7) is 6.52. The van der Waals surface area contributed by atoms with E-state index in [1.165, 1.54) is 12.8 Å². The number of thioether (sulfide) groups is 1. The molecule has 0 aromatic carbocycles. The minimum Gasteiger partial charge on any atom is -0.352 e. The zero-order chi connectivity index (χ0) is 13.0. The largest absolute Gasteiger partial charge is 0.352 e. The van der Waals surface area contributed by atoms with Gasteiger partial charge in [0.1, 0.15) is 17.2 Å². The Morgan fingerprint density at radius 1 is 1.50 bits per heavy atom. The molecule has 0 aliphatic carbocycles. The number of aromatic nitrogens is 2. The van der Waals surface area contributed by atoms with Crippen LogP contribution in [0.2, 0.25) is 0 Å². The summed E-state index contributed by atoms with van der Waals surface area (Å²) in [6, 6.07) is 3.20. The molecule has 0 spiro atoms. The van der Waals surface area contributed by atoms with Crippen molar-refractivity contribution in [2.45, 2.75) is 43.8 Å². The van der Waals surface area contributed by atoms with Crippen molar-refractivity contribution >= 4 is 17.6 Å². The molecule has 1 atom stereocenters. The first-order chi connectivity index (χ1) is 8.70. The molecule has 4 nitrogen and oxygen atoms in total. The van der Waals surface area contributed by atoms with Crippen LogP contribution in [0.4, 0.5) is 5.82 Å². The molecule has 1 fully saturated rings. The molecule has 0 bridgehead atoms. The van der Waals surface area contributed by atoms with E-state index in [1.54, 1.807) is 18.1 Å². The molecule has 1 N–H and O–H groups in total. The van der Waals surface area contributed by atoms with Crippen LogP contribution in [0, 0.1) is 0 Å². The monoisotopic (exact) mass is 266 g/mol. The zero-order valence-electron chi connectivity index (χ0n) is 11.4. The van der Waals surface area contributed by atoms with Gasteiger partial charge in [-0.15, -0.1) is 11.8 Å². The molecular weight excluding hydrogens is 244 g/mol. The highest BCUT2D eigenvalue weighted by Crippen LogP contribution is 2.25. The topological polar surface area (TPSA) is 41.0 Å². The summed E-state index contributed by atoms with van der Waals surface area (Å²) in [6.07, 6.45) is 6.22. The number of nitrogens with one attached hydrogen (secondary N) is 1. The fraction of sp³-hybridized carbons (Fsp3) is 0.692. The summed E-state index contributed by atoms with van der Waals surface area (Å²) in [5.41, 5.74) is 0. The van der Waals surface area contributed by atoms with Crippen molar-refractivity contribution in [1.82, 2.24) is 15.3 Å². The van der Waals surface area contributed by atoms with Gasteiger partial charge >= 0.3 is 0 Å². The summed E-state index contributed by atoms with van der Waals surface area (Å²) in [7, 11) is 0. The van der Waals surface area contributed by atoms with E-state index >= 15 is 0 Å². The maximum atomic E-state index is 4.42. The van der Waals surface area contributed by atoms with Gasteiger partial charge in [-0.25, -0.2) is 9.97 Å². The molecule has 100 valence electrons. The van der Waals surface area contributed by atoms with Crippen LogP contribution < -0.4 is 10.2 Å². The van der Waals surface area contributed by atoms with Crippen LogP contribution >= 0.6 is 11.8 Å². The first-order valence-corrected chi connectivity index (χ1v) is 7.79. The van der Waals surface area contributed by atoms with Gasteiger partial charge in [0.2, 0.25) is 0 Å². The number of rotatable bonds is 5. The van der Waals surface area contributed by atoms with Crippen molar-refractivity contribution < 1.29 is 0 Å². The fourth-order valence-electron chi connectivity index (χ4n) is 2.32. The van der Waals surface area contributed by atoms with Gasteiger partial charge in [-0.05, 0) is 19.1 Å². The third-order valence-corrected chi connectivity index (χ3v) is 3.91. The Morgan fingerprint density at radius 3 is 3.06 bits per heavy atom. The second-order valence-electron chi connectivity index (χ2n) is 4.97. The molecule has 1 unspecified atom stereocenters. The molecular formula is C13H22N4S. The van der Waals surface area contributed by atoms with E-state index in [9.17, 15) is 0 Å². The highest BCUT2D eigenvalue weighted by molar-refractivity contribution is 7.98. The molecule has 1 aromatic rings. The SMILES string of the molecule is CSc1cc(N2CCCC2CNC(C)C)ncn1. The van der Waals surface area contributed by atoms with Crippen LogP contribution in [0.25, 0.3) is 0 Å². The van der Waals surface area contributed by atoms with E-state index in [0.29, 0.717) is 12.1 Å². The van der Waals surface area contributed by atoms with Gasteiger partial charge in [0.25, 0.3) is 0 Å². The number of hydrogen-bond donors (Lipinski definition) is 1. The minimum atomic E-state index is 0.541.